The van der Waals surface area contributed by atoms with E-state index >= 15 is 0 Å². The number of alkyl carbamates (subject to hydrolysis) is 1. The predicted molar refractivity (Wildman–Crippen MR) is 76.0 cm³/mol. The highest BCUT2D eigenvalue weighted by Crippen LogP contribution is 2.49. The van der Waals surface area contributed by atoms with E-state index in [-0.39, 0.29) is 17.6 Å². The van der Waals surface area contributed by atoms with Gasteiger partial charge in [-0.15, -0.1) is 0 Å². The van der Waals surface area contributed by atoms with Crippen LogP contribution < -0.4 is 5.32 Å². The summed E-state index contributed by atoms with van der Waals surface area (Å²) in [6.45, 7) is 10.4. The van der Waals surface area contributed by atoms with E-state index in [1.54, 1.807) is 0 Å². The van der Waals surface area contributed by atoms with Crippen molar-refractivity contribution in [2.24, 2.45) is 11.3 Å². The average molecular weight is 271 g/mol. The van der Waals surface area contributed by atoms with Crippen molar-refractivity contribution in [3.63, 3.8) is 0 Å². The number of hydrogen-bond acceptors (Lipinski definition) is 3. The Hall–Kier alpha value is -0.770. The van der Waals surface area contributed by atoms with Gasteiger partial charge in [0.25, 0.3) is 0 Å². The van der Waals surface area contributed by atoms with Crippen molar-refractivity contribution in [2.45, 2.75) is 72.0 Å². The molecule has 0 spiro atoms. The van der Waals surface area contributed by atoms with Gasteiger partial charge in [-0.25, -0.2) is 4.79 Å². The topological polar surface area (TPSA) is 58.6 Å². The summed E-state index contributed by atoms with van der Waals surface area (Å²) in [6.07, 6.45) is 3.45. The number of aliphatic hydroxyl groups is 1. The summed E-state index contributed by atoms with van der Waals surface area (Å²) in [7, 11) is 0. The molecule has 112 valence electrons. The van der Waals surface area contributed by atoms with Crippen molar-refractivity contribution in [1.82, 2.24) is 5.32 Å². The van der Waals surface area contributed by atoms with Crippen molar-refractivity contribution in [3.8, 4) is 0 Å². The molecule has 2 atom stereocenters. The van der Waals surface area contributed by atoms with Crippen LogP contribution in [0.15, 0.2) is 0 Å². The summed E-state index contributed by atoms with van der Waals surface area (Å²) in [6, 6.07) is 0. The van der Waals surface area contributed by atoms with E-state index in [1.807, 2.05) is 20.8 Å². The SMILES string of the molecule is C[C@@H](CCC(O)C1(C)CC1)CNC(=O)OC(C)(C)C. The summed E-state index contributed by atoms with van der Waals surface area (Å²) in [4.78, 5) is 11.5. The average Bonchev–Trinajstić information content (AvgIpc) is 3.00. The normalized spacial score (nSPS) is 20.5. The zero-order chi connectivity index (χ0) is 14.7. The van der Waals surface area contributed by atoms with E-state index in [4.69, 9.17) is 4.74 Å². The summed E-state index contributed by atoms with van der Waals surface area (Å²) in [5, 5.41) is 12.8. The van der Waals surface area contributed by atoms with Crippen molar-refractivity contribution >= 4 is 6.09 Å². The van der Waals surface area contributed by atoms with Gasteiger partial charge in [-0.3, -0.25) is 0 Å². The molecule has 1 aliphatic rings. The Balaban J connectivity index is 2.14. The fourth-order valence-electron chi connectivity index (χ4n) is 2.00. The van der Waals surface area contributed by atoms with Crippen molar-refractivity contribution in [3.05, 3.63) is 0 Å². The second kappa shape index (κ2) is 6.12. The van der Waals surface area contributed by atoms with Crippen LogP contribution in [0, 0.1) is 11.3 Å². The molecule has 4 nitrogen and oxygen atoms in total. The molecule has 0 saturated heterocycles. The van der Waals surface area contributed by atoms with Crippen LogP contribution in [0.2, 0.25) is 0 Å². The smallest absolute Gasteiger partial charge is 0.407 e. The molecule has 0 radical (unpaired) electrons. The molecule has 1 saturated carbocycles. The molecule has 0 aromatic rings. The van der Waals surface area contributed by atoms with Crippen molar-refractivity contribution < 1.29 is 14.6 Å². The third-order valence-electron chi connectivity index (χ3n) is 3.77. The lowest BCUT2D eigenvalue weighted by molar-refractivity contribution is 0.0515. The molecule has 0 aromatic heterocycles. The highest BCUT2D eigenvalue weighted by atomic mass is 16.6. The number of carbonyl (C=O) groups excluding carboxylic acids is 1. The monoisotopic (exact) mass is 271 g/mol. The molecule has 0 heterocycles. The first-order valence-electron chi connectivity index (χ1n) is 7.27. The maximum atomic E-state index is 11.5. The van der Waals surface area contributed by atoms with E-state index in [1.165, 1.54) is 0 Å². The lowest BCUT2D eigenvalue weighted by Gasteiger charge is -2.22. The van der Waals surface area contributed by atoms with Gasteiger partial charge >= 0.3 is 6.09 Å². The zero-order valence-corrected chi connectivity index (χ0v) is 13.0. The van der Waals surface area contributed by atoms with Crippen LogP contribution in [-0.4, -0.2) is 29.4 Å². The van der Waals surface area contributed by atoms with Gasteiger partial charge in [0.15, 0.2) is 0 Å². The molecule has 0 aliphatic heterocycles. The lowest BCUT2D eigenvalue weighted by Crippen LogP contribution is -2.35. The molecule has 1 rings (SSSR count). The Labute approximate surface area is 116 Å². The highest BCUT2D eigenvalue weighted by Gasteiger charge is 2.43. The number of aliphatic hydroxyl groups excluding tert-OH is 1. The molecule has 19 heavy (non-hydrogen) atoms. The largest absolute Gasteiger partial charge is 0.444 e. The van der Waals surface area contributed by atoms with Gasteiger partial charge in [0.05, 0.1) is 6.10 Å². The van der Waals surface area contributed by atoms with Crippen LogP contribution >= 0.6 is 0 Å². The number of ether oxygens (including phenoxy) is 1. The summed E-state index contributed by atoms with van der Waals surface area (Å²) in [5.41, 5.74) is -0.289. The maximum absolute atomic E-state index is 11.5. The first kappa shape index (κ1) is 16.3. The number of nitrogens with one attached hydrogen (secondary N) is 1. The summed E-state index contributed by atoms with van der Waals surface area (Å²) >= 11 is 0. The van der Waals surface area contributed by atoms with E-state index in [9.17, 15) is 9.90 Å². The van der Waals surface area contributed by atoms with Crippen LogP contribution in [0.3, 0.4) is 0 Å². The second-order valence-electron chi connectivity index (χ2n) is 7.24. The van der Waals surface area contributed by atoms with E-state index in [2.05, 4.69) is 19.2 Å². The minimum Gasteiger partial charge on any atom is -0.444 e. The van der Waals surface area contributed by atoms with Crippen LogP contribution in [0.4, 0.5) is 4.79 Å². The number of hydrogen-bond donors (Lipinski definition) is 2. The third-order valence-corrected chi connectivity index (χ3v) is 3.77. The van der Waals surface area contributed by atoms with Gasteiger partial charge in [0.2, 0.25) is 0 Å². The van der Waals surface area contributed by atoms with Crippen LogP contribution in [0.5, 0.6) is 0 Å². The Kier molecular flexibility index (Phi) is 5.25. The molecular weight excluding hydrogens is 242 g/mol. The van der Waals surface area contributed by atoms with Crippen LogP contribution in [0.25, 0.3) is 0 Å². The number of rotatable bonds is 6. The Morgan fingerprint density at radius 2 is 1.95 bits per heavy atom. The Bertz CT molecular complexity index is 305. The van der Waals surface area contributed by atoms with Gasteiger partial charge in [-0.05, 0) is 57.8 Å². The number of carbonyl (C=O) groups is 1. The van der Waals surface area contributed by atoms with E-state index in [0.29, 0.717) is 12.5 Å². The minimum atomic E-state index is -0.454. The molecule has 0 aromatic carbocycles. The first-order valence-corrected chi connectivity index (χ1v) is 7.27. The van der Waals surface area contributed by atoms with Gasteiger partial charge in [0, 0.05) is 6.54 Å². The van der Waals surface area contributed by atoms with E-state index in [0.717, 1.165) is 25.7 Å². The van der Waals surface area contributed by atoms with Crippen LogP contribution in [0.1, 0.15) is 60.3 Å². The number of amides is 1. The summed E-state index contributed by atoms with van der Waals surface area (Å²) in [5.74, 6) is 0.351. The van der Waals surface area contributed by atoms with E-state index < -0.39 is 5.60 Å². The minimum absolute atomic E-state index is 0.165. The van der Waals surface area contributed by atoms with Crippen molar-refractivity contribution in [2.75, 3.05) is 6.54 Å². The Morgan fingerprint density at radius 3 is 2.42 bits per heavy atom. The Morgan fingerprint density at radius 1 is 1.37 bits per heavy atom. The quantitative estimate of drug-likeness (QED) is 0.780. The molecular formula is C15H29NO3. The van der Waals surface area contributed by atoms with Crippen LogP contribution in [-0.2, 0) is 4.74 Å². The lowest BCUT2D eigenvalue weighted by atomic mass is 9.94. The van der Waals surface area contributed by atoms with Gasteiger partial charge < -0.3 is 15.2 Å². The van der Waals surface area contributed by atoms with Gasteiger partial charge in [0.1, 0.15) is 5.60 Å². The molecule has 4 heteroatoms. The fourth-order valence-corrected chi connectivity index (χ4v) is 2.00. The molecule has 1 amide bonds. The van der Waals surface area contributed by atoms with Gasteiger partial charge in [-0.1, -0.05) is 13.8 Å². The molecule has 0 bridgehead atoms. The molecule has 1 unspecified atom stereocenters. The zero-order valence-electron chi connectivity index (χ0n) is 13.0. The third kappa shape index (κ3) is 6.28. The van der Waals surface area contributed by atoms with Gasteiger partial charge in [-0.2, -0.15) is 0 Å². The second-order valence-corrected chi connectivity index (χ2v) is 7.24. The fraction of sp³-hybridized carbons (Fsp3) is 0.933. The molecule has 2 N–H and O–H groups in total. The highest BCUT2D eigenvalue weighted by molar-refractivity contribution is 5.67. The maximum Gasteiger partial charge on any atom is 0.407 e. The predicted octanol–water partition coefficient (Wildman–Crippen LogP) is 3.09. The van der Waals surface area contributed by atoms with Crippen molar-refractivity contribution in [1.29, 1.82) is 0 Å². The molecule has 1 fully saturated rings. The first-order chi connectivity index (χ1) is 8.62. The molecule has 1 aliphatic carbocycles. The summed E-state index contributed by atoms with van der Waals surface area (Å²) < 4.78 is 5.18. The standard InChI is InChI=1S/C15H29NO3/c1-11(6-7-12(17)15(5)8-9-15)10-16-13(18)19-14(2,3)4/h11-12,17H,6-10H2,1-5H3,(H,16,18)/t11-,12?/m0/s1.